The number of nitrogens with one attached hydrogen (secondary N) is 4. The van der Waals surface area contributed by atoms with Crippen LogP contribution in [0, 0.1) is 0 Å². The molecule has 5 N–H and O–H groups in total. The van der Waals surface area contributed by atoms with Crippen molar-refractivity contribution in [3.8, 4) is 0 Å². The highest BCUT2D eigenvalue weighted by Gasteiger charge is 2.45. The van der Waals surface area contributed by atoms with Crippen LogP contribution in [0.25, 0.3) is 0 Å². The number of ether oxygens (including phenoxy) is 2. The van der Waals surface area contributed by atoms with E-state index >= 15 is 0 Å². The lowest BCUT2D eigenvalue weighted by Crippen LogP contribution is -2.54. The number of hydroxylamine groups is 1. The molecule has 1 saturated heterocycles. The number of carbonyl (C=O) groups excluding carboxylic acids is 6. The maximum absolute atomic E-state index is 13.2. The Morgan fingerprint density at radius 2 is 1.67 bits per heavy atom. The van der Waals surface area contributed by atoms with Crippen LogP contribution in [0.1, 0.15) is 68.0 Å². The first-order chi connectivity index (χ1) is 28.2. The minimum absolute atomic E-state index is 0.0523. The summed E-state index contributed by atoms with van der Waals surface area (Å²) < 4.78 is 13.1. The summed E-state index contributed by atoms with van der Waals surface area (Å²) in [5.41, 5.74) is 5.12. The molecule has 0 aliphatic carbocycles. The molecule has 0 bridgehead atoms. The van der Waals surface area contributed by atoms with Crippen LogP contribution in [0.2, 0.25) is 0 Å². The average Bonchev–Trinajstić information content (AvgIpc) is 3.79. The van der Waals surface area contributed by atoms with Gasteiger partial charge in [-0.05, 0) is 67.6 Å². The monoisotopic (exact) mass is 795 g/mol. The van der Waals surface area contributed by atoms with Gasteiger partial charge in [0.25, 0.3) is 17.7 Å². The second-order valence-electron chi connectivity index (χ2n) is 13.6. The Morgan fingerprint density at radius 3 is 2.43 bits per heavy atom. The number of urea groups is 1. The summed E-state index contributed by atoms with van der Waals surface area (Å²) in [6.45, 7) is 3.08. The van der Waals surface area contributed by atoms with E-state index in [1.807, 2.05) is 36.5 Å². The van der Waals surface area contributed by atoms with Crippen LogP contribution in [-0.4, -0.2) is 111 Å². The standard InChI is InChI=1S/C40H45N9O9/c50-34-17-16-33(37(52)43-34)49-38(53)31-10-6-11-32(35(31)39(49)54)41-18-21-57-23-24-58-22-20-48-26-30(44-46-48)9-4-5-19-47(40(55)42-29-7-2-1-3-8-29)25-27-12-14-28(15-13-27)36(51)45-56/h1-3,6-8,10-15,26,33,41,56H,4-5,9,16-25H2,(H,42,55)(H,45,51)(H,43,50,52). The lowest BCUT2D eigenvalue weighted by atomic mass is 10.0. The Bertz CT molecular complexity index is 2090. The van der Waals surface area contributed by atoms with Gasteiger partial charge in [-0.15, -0.1) is 5.10 Å². The molecule has 3 aromatic carbocycles. The molecule has 2 aliphatic rings. The van der Waals surface area contributed by atoms with Gasteiger partial charge in [-0.3, -0.25) is 39.4 Å². The van der Waals surface area contributed by atoms with Gasteiger partial charge in [0.2, 0.25) is 11.8 Å². The van der Waals surface area contributed by atoms with E-state index in [0.717, 1.165) is 22.6 Å². The van der Waals surface area contributed by atoms with Gasteiger partial charge >= 0.3 is 6.03 Å². The summed E-state index contributed by atoms with van der Waals surface area (Å²) in [5.74, 6) is -2.83. The van der Waals surface area contributed by atoms with Crippen molar-refractivity contribution >= 4 is 46.9 Å². The van der Waals surface area contributed by atoms with Gasteiger partial charge in [0.1, 0.15) is 6.04 Å². The van der Waals surface area contributed by atoms with Crippen LogP contribution in [0.3, 0.4) is 0 Å². The van der Waals surface area contributed by atoms with E-state index in [0.29, 0.717) is 82.4 Å². The number of hydrogen-bond acceptors (Lipinski definition) is 12. The second-order valence-corrected chi connectivity index (χ2v) is 13.6. The number of carbonyl (C=O) groups is 6. The third kappa shape index (κ3) is 10.7. The third-order valence-corrected chi connectivity index (χ3v) is 9.57. The number of fused-ring (bicyclic) bond motifs is 1. The number of para-hydroxylation sites is 1. The summed E-state index contributed by atoms with van der Waals surface area (Å²) in [4.78, 5) is 77.8. The Hall–Kier alpha value is -6.50. The zero-order chi connectivity index (χ0) is 40.9. The normalized spacial score (nSPS) is 14.9. The van der Waals surface area contributed by atoms with Crippen LogP contribution in [0.15, 0.2) is 79.0 Å². The van der Waals surface area contributed by atoms with Crippen molar-refractivity contribution in [1.82, 2.24) is 35.6 Å². The number of imide groups is 2. The summed E-state index contributed by atoms with van der Waals surface area (Å²) in [5, 5.41) is 25.6. The fourth-order valence-corrected chi connectivity index (χ4v) is 6.59. The van der Waals surface area contributed by atoms with E-state index < -0.39 is 35.6 Å². The first kappa shape index (κ1) is 41.1. The number of hydrogen-bond donors (Lipinski definition) is 5. The van der Waals surface area contributed by atoms with E-state index in [1.165, 1.54) is 0 Å². The highest BCUT2D eigenvalue weighted by atomic mass is 16.5. The van der Waals surface area contributed by atoms with Gasteiger partial charge in [0, 0.05) is 49.2 Å². The van der Waals surface area contributed by atoms with Crippen LogP contribution >= 0.6 is 0 Å². The maximum Gasteiger partial charge on any atom is 0.322 e. The number of nitrogens with zero attached hydrogens (tertiary/aromatic N) is 5. The summed E-state index contributed by atoms with van der Waals surface area (Å²) in [6.07, 6.45) is 4.18. The molecule has 4 aromatic rings. The number of piperidine rings is 1. The number of benzene rings is 3. The van der Waals surface area contributed by atoms with E-state index in [1.54, 1.807) is 57.5 Å². The number of aryl methyl sites for hydroxylation is 1. The van der Waals surface area contributed by atoms with E-state index in [4.69, 9.17) is 14.7 Å². The maximum atomic E-state index is 13.2. The molecule has 0 spiro atoms. The molecule has 1 aromatic heterocycles. The molecule has 6 rings (SSSR count). The fourth-order valence-electron chi connectivity index (χ4n) is 6.59. The number of unbranched alkanes of at least 4 members (excludes halogenated alkanes) is 1. The molecule has 18 heteroatoms. The number of amides is 7. The van der Waals surface area contributed by atoms with Crippen LogP contribution < -0.4 is 21.4 Å². The van der Waals surface area contributed by atoms with E-state index in [2.05, 4.69) is 26.3 Å². The summed E-state index contributed by atoms with van der Waals surface area (Å²) >= 11 is 0. The Balaban J connectivity index is 0.863. The Kier molecular flexibility index (Phi) is 14.2. The molecular weight excluding hydrogens is 750 g/mol. The molecule has 3 heterocycles. The Labute approximate surface area is 333 Å². The zero-order valence-corrected chi connectivity index (χ0v) is 31.7. The highest BCUT2D eigenvalue weighted by molar-refractivity contribution is 6.25. The molecule has 58 heavy (non-hydrogen) atoms. The van der Waals surface area contributed by atoms with Crippen molar-refractivity contribution in [2.45, 2.75) is 51.2 Å². The molecular formula is C40H45N9O9. The molecule has 1 fully saturated rings. The first-order valence-corrected chi connectivity index (χ1v) is 19.0. The highest BCUT2D eigenvalue weighted by Crippen LogP contribution is 2.32. The minimum atomic E-state index is -1.03. The second kappa shape index (κ2) is 20.1. The smallest absolute Gasteiger partial charge is 0.322 e. The van der Waals surface area contributed by atoms with Crippen molar-refractivity contribution in [3.05, 3.63) is 107 Å². The summed E-state index contributed by atoms with van der Waals surface area (Å²) in [7, 11) is 0. The van der Waals surface area contributed by atoms with E-state index in [9.17, 15) is 28.8 Å². The Morgan fingerprint density at radius 1 is 0.897 bits per heavy atom. The van der Waals surface area contributed by atoms with Gasteiger partial charge in [0.15, 0.2) is 0 Å². The largest absolute Gasteiger partial charge is 0.382 e. The molecule has 7 amide bonds. The SMILES string of the molecule is O=C1CCC(N2C(=O)c3cccc(NCCOCCOCCn4cc(CCCCN(Cc5ccc(C(=O)NO)cc5)C(=O)Nc5ccccc5)nn4)c3C2=O)C(=O)N1. The van der Waals surface area contributed by atoms with Gasteiger partial charge in [-0.1, -0.05) is 41.6 Å². The number of aromatic nitrogens is 3. The van der Waals surface area contributed by atoms with E-state index in [-0.39, 0.29) is 30.0 Å². The van der Waals surface area contributed by atoms with Gasteiger partial charge in [-0.25, -0.2) is 15.0 Å². The van der Waals surface area contributed by atoms with Gasteiger partial charge in [-0.2, -0.15) is 0 Å². The third-order valence-electron chi connectivity index (χ3n) is 9.57. The average molecular weight is 796 g/mol. The predicted molar refractivity (Wildman–Crippen MR) is 208 cm³/mol. The number of rotatable bonds is 20. The van der Waals surface area contributed by atoms with Crippen LogP contribution in [-0.2, 0) is 38.6 Å². The molecule has 304 valence electrons. The van der Waals surface area contributed by atoms with Crippen LogP contribution in [0.5, 0.6) is 0 Å². The lowest BCUT2D eigenvalue weighted by molar-refractivity contribution is -0.136. The first-order valence-electron chi connectivity index (χ1n) is 19.0. The van der Waals surface area contributed by atoms with Crippen molar-refractivity contribution in [2.24, 2.45) is 0 Å². The predicted octanol–water partition coefficient (Wildman–Crippen LogP) is 3.00. The molecule has 0 saturated carbocycles. The van der Waals surface area contributed by atoms with Crippen molar-refractivity contribution in [1.29, 1.82) is 0 Å². The topological polar surface area (TPSA) is 226 Å². The zero-order valence-electron chi connectivity index (χ0n) is 31.7. The molecule has 0 radical (unpaired) electrons. The minimum Gasteiger partial charge on any atom is -0.382 e. The van der Waals surface area contributed by atoms with Crippen molar-refractivity contribution in [2.75, 3.05) is 50.2 Å². The molecule has 1 unspecified atom stereocenters. The molecule has 1 atom stereocenters. The van der Waals surface area contributed by atoms with Gasteiger partial charge < -0.3 is 25.0 Å². The van der Waals surface area contributed by atoms with Crippen LogP contribution in [0.4, 0.5) is 16.2 Å². The number of anilines is 2. The summed E-state index contributed by atoms with van der Waals surface area (Å²) in [6, 6.07) is 19.5. The lowest BCUT2D eigenvalue weighted by Gasteiger charge is -2.27. The van der Waals surface area contributed by atoms with Gasteiger partial charge in [0.05, 0.1) is 49.8 Å². The fraction of sp³-hybridized carbons (Fsp3) is 0.350. The molecule has 18 nitrogen and oxygen atoms in total. The van der Waals surface area contributed by atoms with Crippen molar-refractivity contribution in [3.63, 3.8) is 0 Å². The van der Waals surface area contributed by atoms with Crippen molar-refractivity contribution < 1.29 is 43.4 Å². The molecule has 2 aliphatic heterocycles. The quantitative estimate of drug-likeness (QED) is 0.0377.